The molecule has 0 aromatic heterocycles. The van der Waals surface area contributed by atoms with Crippen LogP contribution >= 0.6 is 39.3 Å². The molecule has 0 unspecified atom stereocenters. The second kappa shape index (κ2) is 8.81. The van der Waals surface area contributed by atoms with Crippen LogP contribution in [0.25, 0.3) is 6.08 Å². The highest BCUT2D eigenvalue weighted by atomic mass is 79.9. The van der Waals surface area contributed by atoms with Crippen molar-refractivity contribution in [1.82, 2.24) is 4.90 Å². The topological polar surface area (TPSA) is 86.7 Å². The normalized spacial score (nSPS) is 15.4. The van der Waals surface area contributed by atoms with E-state index in [2.05, 4.69) is 15.9 Å². The number of carboxylic acids is 1. The Balaban J connectivity index is 1.84. The molecule has 0 bridgehead atoms. The zero-order valence-corrected chi connectivity index (χ0v) is 17.3. The number of hydrogen-bond donors (Lipinski definition) is 0. The molecule has 28 heavy (non-hydrogen) atoms. The van der Waals surface area contributed by atoms with Crippen molar-refractivity contribution in [3.63, 3.8) is 0 Å². The predicted octanol–water partition coefficient (Wildman–Crippen LogP) is 3.47. The largest absolute Gasteiger partial charge is 0.546 e. The summed E-state index contributed by atoms with van der Waals surface area (Å²) in [5.41, 5.74) is 1.24. The second-order valence-corrected chi connectivity index (χ2v) is 8.08. The number of rotatable bonds is 6. The monoisotopic (exact) mass is 480 g/mol. The molecular formula is C19H12BrClNO5S-. The van der Waals surface area contributed by atoms with E-state index < -0.39 is 23.7 Å². The van der Waals surface area contributed by atoms with Crippen molar-refractivity contribution in [3.05, 3.63) is 68.0 Å². The van der Waals surface area contributed by atoms with Crippen LogP contribution in [0.4, 0.5) is 4.79 Å². The number of amides is 2. The van der Waals surface area contributed by atoms with Crippen LogP contribution < -0.4 is 9.84 Å². The maximum atomic E-state index is 12.7. The van der Waals surface area contributed by atoms with Gasteiger partial charge in [0.2, 0.25) is 0 Å². The predicted molar refractivity (Wildman–Crippen MR) is 108 cm³/mol. The van der Waals surface area contributed by atoms with E-state index >= 15 is 0 Å². The Labute approximate surface area is 178 Å². The zero-order valence-electron chi connectivity index (χ0n) is 14.2. The van der Waals surface area contributed by atoms with E-state index in [1.807, 2.05) is 0 Å². The van der Waals surface area contributed by atoms with Crippen LogP contribution in [0, 0.1) is 0 Å². The van der Waals surface area contributed by atoms with E-state index in [1.165, 1.54) is 6.08 Å². The third kappa shape index (κ3) is 4.95. The Kier molecular flexibility index (Phi) is 6.43. The molecule has 0 saturated carbocycles. The van der Waals surface area contributed by atoms with Gasteiger partial charge in [0, 0.05) is 15.1 Å². The van der Waals surface area contributed by atoms with Gasteiger partial charge >= 0.3 is 0 Å². The Morgan fingerprint density at radius 2 is 1.93 bits per heavy atom. The fraction of sp³-hybridized carbons (Fsp3) is 0.105. The SMILES string of the molecule is O=C([O-])COc1ccc(Br)cc1/C=C1\SC(=O)N(Cc2ccc(Cl)cc2)C1=O. The minimum atomic E-state index is -1.36. The number of carboxylic acid groups (broad SMARTS) is 1. The molecule has 2 aromatic carbocycles. The summed E-state index contributed by atoms with van der Waals surface area (Å²) in [5, 5.41) is 10.8. The van der Waals surface area contributed by atoms with Gasteiger partial charge < -0.3 is 14.6 Å². The highest BCUT2D eigenvalue weighted by Gasteiger charge is 2.35. The maximum Gasteiger partial charge on any atom is 0.293 e. The first-order valence-corrected chi connectivity index (χ1v) is 9.94. The van der Waals surface area contributed by atoms with Crippen molar-refractivity contribution in [2.45, 2.75) is 6.54 Å². The van der Waals surface area contributed by atoms with Gasteiger partial charge in [0.15, 0.2) is 0 Å². The lowest BCUT2D eigenvalue weighted by atomic mass is 10.1. The standard InChI is InChI=1S/C19H13BrClNO5S/c20-13-3-6-15(27-10-17(23)24)12(7-13)8-16-18(25)22(19(26)28-16)9-11-1-4-14(21)5-2-11/h1-8H,9-10H2,(H,23,24)/p-1/b16-8-. The average Bonchev–Trinajstić information content (AvgIpc) is 2.90. The molecule has 6 nitrogen and oxygen atoms in total. The Morgan fingerprint density at radius 3 is 2.61 bits per heavy atom. The van der Waals surface area contributed by atoms with Crippen molar-refractivity contribution in [3.8, 4) is 5.75 Å². The number of aliphatic carboxylic acids is 1. The first-order valence-electron chi connectivity index (χ1n) is 7.95. The number of halogens is 2. The maximum absolute atomic E-state index is 12.7. The zero-order chi connectivity index (χ0) is 20.3. The summed E-state index contributed by atoms with van der Waals surface area (Å²) < 4.78 is 5.91. The summed E-state index contributed by atoms with van der Waals surface area (Å²) in [6, 6.07) is 11.8. The Bertz CT molecular complexity index is 977. The van der Waals surface area contributed by atoms with Crippen molar-refractivity contribution in [2.75, 3.05) is 6.61 Å². The van der Waals surface area contributed by atoms with Crippen LogP contribution in [0.5, 0.6) is 5.75 Å². The lowest BCUT2D eigenvalue weighted by Crippen LogP contribution is -2.29. The van der Waals surface area contributed by atoms with E-state index in [1.54, 1.807) is 42.5 Å². The van der Waals surface area contributed by atoms with Gasteiger partial charge in [0.25, 0.3) is 11.1 Å². The third-order valence-electron chi connectivity index (χ3n) is 3.73. The number of ether oxygens (including phenoxy) is 1. The average molecular weight is 482 g/mol. The number of carbonyl (C=O) groups excluding carboxylic acids is 3. The van der Waals surface area contributed by atoms with Crippen LogP contribution in [0.1, 0.15) is 11.1 Å². The number of thioether (sulfide) groups is 1. The lowest BCUT2D eigenvalue weighted by Gasteiger charge is -2.12. The second-order valence-electron chi connectivity index (χ2n) is 5.74. The minimum Gasteiger partial charge on any atom is -0.546 e. The number of benzene rings is 2. The van der Waals surface area contributed by atoms with E-state index in [-0.39, 0.29) is 17.2 Å². The van der Waals surface area contributed by atoms with Gasteiger partial charge in [0.05, 0.1) is 17.4 Å². The van der Waals surface area contributed by atoms with E-state index in [0.29, 0.717) is 15.1 Å². The molecule has 1 aliphatic heterocycles. The fourth-order valence-corrected chi connectivity index (χ4v) is 3.78. The fourth-order valence-electron chi connectivity index (χ4n) is 2.45. The van der Waals surface area contributed by atoms with E-state index in [0.717, 1.165) is 22.2 Å². The highest BCUT2D eigenvalue weighted by Crippen LogP contribution is 2.35. The molecule has 2 aromatic rings. The molecule has 0 atom stereocenters. The highest BCUT2D eigenvalue weighted by molar-refractivity contribution is 9.10. The Morgan fingerprint density at radius 1 is 1.21 bits per heavy atom. The van der Waals surface area contributed by atoms with Crippen LogP contribution in [0.3, 0.4) is 0 Å². The molecular weight excluding hydrogens is 470 g/mol. The van der Waals surface area contributed by atoms with Gasteiger partial charge in [-0.15, -0.1) is 0 Å². The molecule has 2 amide bonds. The summed E-state index contributed by atoms with van der Waals surface area (Å²) in [7, 11) is 0. The molecule has 1 heterocycles. The van der Waals surface area contributed by atoms with Crippen molar-refractivity contribution >= 4 is 62.5 Å². The summed E-state index contributed by atoms with van der Waals surface area (Å²) in [6.07, 6.45) is 1.50. The smallest absolute Gasteiger partial charge is 0.293 e. The van der Waals surface area contributed by atoms with Gasteiger partial charge in [-0.05, 0) is 53.7 Å². The van der Waals surface area contributed by atoms with Crippen LogP contribution in [-0.4, -0.2) is 28.6 Å². The molecule has 144 valence electrons. The number of hydrogen-bond acceptors (Lipinski definition) is 6. The first kappa shape index (κ1) is 20.4. The van der Waals surface area contributed by atoms with Gasteiger partial charge in [-0.2, -0.15) is 0 Å². The molecule has 0 radical (unpaired) electrons. The molecule has 0 N–H and O–H groups in total. The molecule has 0 aliphatic carbocycles. The van der Waals surface area contributed by atoms with Crippen LogP contribution in [0.15, 0.2) is 51.8 Å². The minimum absolute atomic E-state index is 0.131. The van der Waals surface area contributed by atoms with Gasteiger partial charge in [-0.25, -0.2) is 0 Å². The number of nitrogens with zero attached hydrogens (tertiary/aromatic N) is 1. The quantitative estimate of drug-likeness (QED) is 0.587. The molecule has 9 heteroatoms. The van der Waals surface area contributed by atoms with Gasteiger partial charge in [-0.3, -0.25) is 14.5 Å². The van der Waals surface area contributed by atoms with E-state index in [9.17, 15) is 19.5 Å². The number of carbonyl (C=O) groups is 3. The summed E-state index contributed by atoms with van der Waals surface area (Å²) in [6.45, 7) is -0.494. The Hall–Kier alpha value is -2.29. The van der Waals surface area contributed by atoms with E-state index in [4.69, 9.17) is 16.3 Å². The molecule has 0 spiro atoms. The van der Waals surface area contributed by atoms with Crippen molar-refractivity contribution in [1.29, 1.82) is 0 Å². The van der Waals surface area contributed by atoms with Crippen molar-refractivity contribution < 1.29 is 24.2 Å². The molecule has 1 fully saturated rings. The van der Waals surface area contributed by atoms with Gasteiger partial charge in [-0.1, -0.05) is 39.7 Å². The number of imide groups is 1. The summed E-state index contributed by atoms with van der Waals surface area (Å²) >= 11 is 9.99. The molecule has 1 aliphatic rings. The first-order chi connectivity index (χ1) is 13.3. The molecule has 3 rings (SSSR count). The molecule has 1 saturated heterocycles. The lowest BCUT2D eigenvalue weighted by molar-refractivity contribution is -0.307. The van der Waals surface area contributed by atoms with Crippen molar-refractivity contribution in [2.24, 2.45) is 0 Å². The van der Waals surface area contributed by atoms with Crippen LogP contribution in [0.2, 0.25) is 5.02 Å². The van der Waals surface area contributed by atoms with Crippen LogP contribution in [-0.2, 0) is 16.1 Å². The summed E-state index contributed by atoms with van der Waals surface area (Å²) in [4.78, 5) is 37.0. The van der Waals surface area contributed by atoms with Gasteiger partial charge in [0.1, 0.15) is 12.4 Å². The third-order valence-corrected chi connectivity index (χ3v) is 5.38. The summed E-state index contributed by atoms with van der Waals surface area (Å²) in [5.74, 6) is -1.54.